The molecular formula is C18H25N3O2. The molecule has 2 aromatic rings. The van der Waals surface area contributed by atoms with Gasteiger partial charge in [0, 0.05) is 5.56 Å². The molecule has 0 bridgehead atoms. The molecule has 23 heavy (non-hydrogen) atoms. The van der Waals surface area contributed by atoms with Crippen molar-refractivity contribution in [2.75, 3.05) is 0 Å². The number of alkyl carbamates (subject to hydrolysis) is 1. The van der Waals surface area contributed by atoms with Crippen molar-refractivity contribution in [1.82, 2.24) is 15.3 Å². The number of hydrogen-bond donors (Lipinski definition) is 2. The predicted molar refractivity (Wildman–Crippen MR) is 91.3 cm³/mol. The average Bonchev–Trinajstić information content (AvgIpc) is 2.84. The molecule has 124 valence electrons. The van der Waals surface area contributed by atoms with E-state index in [0.717, 1.165) is 11.3 Å². The van der Waals surface area contributed by atoms with Crippen molar-refractivity contribution in [3.05, 3.63) is 41.3 Å². The summed E-state index contributed by atoms with van der Waals surface area (Å²) in [5, 5.41) is 2.79. The number of ether oxygens (including phenoxy) is 1. The standard InChI is InChI=1S/C18H25N3O2/c1-11-7-12(2)9-14(8-11)15-10-19-16(21-15)13(3)20-17(22)23-18(4,5)6/h7-10,13H,1-6H3,(H,19,21)(H,20,22). The summed E-state index contributed by atoms with van der Waals surface area (Å²) in [5.41, 5.74) is 3.92. The second-order valence-corrected chi connectivity index (χ2v) is 6.93. The van der Waals surface area contributed by atoms with Gasteiger partial charge >= 0.3 is 6.09 Å². The summed E-state index contributed by atoms with van der Waals surface area (Å²) < 4.78 is 5.26. The van der Waals surface area contributed by atoms with Gasteiger partial charge in [-0.15, -0.1) is 0 Å². The normalized spacial score (nSPS) is 12.8. The van der Waals surface area contributed by atoms with E-state index in [1.807, 2.05) is 27.7 Å². The van der Waals surface area contributed by atoms with Crippen LogP contribution in [-0.4, -0.2) is 21.7 Å². The van der Waals surface area contributed by atoms with E-state index in [2.05, 4.69) is 47.3 Å². The lowest BCUT2D eigenvalue weighted by molar-refractivity contribution is 0.0506. The summed E-state index contributed by atoms with van der Waals surface area (Å²) >= 11 is 0. The Morgan fingerprint density at radius 1 is 1.22 bits per heavy atom. The van der Waals surface area contributed by atoms with E-state index in [1.165, 1.54) is 11.1 Å². The largest absolute Gasteiger partial charge is 0.444 e. The van der Waals surface area contributed by atoms with Crippen molar-refractivity contribution < 1.29 is 9.53 Å². The summed E-state index contributed by atoms with van der Waals surface area (Å²) in [5.74, 6) is 0.699. The van der Waals surface area contributed by atoms with Gasteiger partial charge in [-0.3, -0.25) is 0 Å². The number of carbonyl (C=O) groups excluding carboxylic acids is 1. The Morgan fingerprint density at radius 2 is 1.83 bits per heavy atom. The fourth-order valence-corrected chi connectivity index (χ4v) is 2.39. The van der Waals surface area contributed by atoms with Gasteiger partial charge in [0.25, 0.3) is 0 Å². The quantitative estimate of drug-likeness (QED) is 0.888. The van der Waals surface area contributed by atoms with E-state index in [0.29, 0.717) is 5.82 Å². The number of aromatic amines is 1. The fourth-order valence-electron chi connectivity index (χ4n) is 2.39. The van der Waals surface area contributed by atoms with E-state index in [4.69, 9.17) is 4.74 Å². The summed E-state index contributed by atoms with van der Waals surface area (Å²) in [6.07, 6.45) is 1.34. The second kappa shape index (κ2) is 6.44. The number of imidazole rings is 1. The van der Waals surface area contributed by atoms with Crippen LogP contribution in [0.2, 0.25) is 0 Å². The first kappa shape index (κ1) is 17.1. The summed E-state index contributed by atoms with van der Waals surface area (Å²) in [4.78, 5) is 19.5. The van der Waals surface area contributed by atoms with Crippen LogP contribution in [0.1, 0.15) is 50.7 Å². The zero-order chi connectivity index (χ0) is 17.2. The van der Waals surface area contributed by atoms with Crippen LogP contribution in [-0.2, 0) is 4.74 Å². The second-order valence-electron chi connectivity index (χ2n) is 6.93. The molecule has 1 unspecified atom stereocenters. The highest BCUT2D eigenvalue weighted by molar-refractivity contribution is 5.68. The van der Waals surface area contributed by atoms with Gasteiger partial charge in [0.2, 0.25) is 0 Å². The highest BCUT2D eigenvalue weighted by Gasteiger charge is 2.19. The third-order valence-corrected chi connectivity index (χ3v) is 3.27. The summed E-state index contributed by atoms with van der Waals surface area (Å²) in [6.45, 7) is 11.5. The molecular weight excluding hydrogens is 290 g/mol. The highest BCUT2D eigenvalue weighted by Crippen LogP contribution is 2.22. The van der Waals surface area contributed by atoms with Crippen molar-refractivity contribution in [2.45, 2.75) is 53.2 Å². The maximum atomic E-state index is 11.8. The van der Waals surface area contributed by atoms with Gasteiger partial charge in [0.05, 0.1) is 17.9 Å². The molecule has 0 aliphatic carbocycles. The Kier molecular flexibility index (Phi) is 4.78. The monoisotopic (exact) mass is 315 g/mol. The van der Waals surface area contributed by atoms with Crippen LogP contribution in [0.4, 0.5) is 4.79 Å². The van der Waals surface area contributed by atoms with Crippen LogP contribution >= 0.6 is 0 Å². The Bertz CT molecular complexity index is 678. The number of H-pyrrole nitrogens is 1. The molecule has 0 radical (unpaired) electrons. The first-order valence-electron chi connectivity index (χ1n) is 7.77. The first-order chi connectivity index (χ1) is 10.6. The summed E-state index contributed by atoms with van der Waals surface area (Å²) in [6, 6.07) is 6.09. The van der Waals surface area contributed by atoms with Crippen molar-refractivity contribution in [1.29, 1.82) is 0 Å². The lowest BCUT2D eigenvalue weighted by Gasteiger charge is -2.21. The topological polar surface area (TPSA) is 67.0 Å². The lowest BCUT2D eigenvalue weighted by atomic mass is 10.1. The fraction of sp³-hybridized carbons (Fsp3) is 0.444. The number of benzene rings is 1. The van der Waals surface area contributed by atoms with Crippen molar-refractivity contribution in [3.63, 3.8) is 0 Å². The molecule has 5 heteroatoms. The lowest BCUT2D eigenvalue weighted by Crippen LogP contribution is -2.34. The maximum absolute atomic E-state index is 11.8. The Balaban J connectivity index is 2.11. The van der Waals surface area contributed by atoms with Crippen LogP contribution in [0.5, 0.6) is 0 Å². The zero-order valence-electron chi connectivity index (χ0n) is 14.7. The Hall–Kier alpha value is -2.30. The molecule has 5 nitrogen and oxygen atoms in total. The Labute approximate surface area is 137 Å². The number of aromatic nitrogens is 2. The number of nitrogens with one attached hydrogen (secondary N) is 2. The maximum Gasteiger partial charge on any atom is 0.408 e. The molecule has 2 rings (SSSR count). The van der Waals surface area contributed by atoms with Gasteiger partial charge < -0.3 is 15.0 Å². The molecule has 0 fully saturated rings. The van der Waals surface area contributed by atoms with Gasteiger partial charge in [-0.1, -0.05) is 17.2 Å². The van der Waals surface area contributed by atoms with Crippen LogP contribution in [0, 0.1) is 13.8 Å². The molecule has 1 atom stereocenters. The molecule has 0 aliphatic rings. The van der Waals surface area contributed by atoms with Gasteiger partial charge in [-0.25, -0.2) is 9.78 Å². The number of carbonyl (C=O) groups is 1. The predicted octanol–water partition coefficient (Wildman–Crippen LogP) is 4.28. The number of aryl methyl sites for hydroxylation is 2. The van der Waals surface area contributed by atoms with Crippen molar-refractivity contribution in [3.8, 4) is 11.3 Å². The van der Waals surface area contributed by atoms with Crippen LogP contribution in [0.15, 0.2) is 24.4 Å². The minimum absolute atomic E-state index is 0.260. The molecule has 0 saturated heterocycles. The first-order valence-corrected chi connectivity index (χ1v) is 7.77. The minimum atomic E-state index is -0.517. The van der Waals surface area contributed by atoms with Crippen LogP contribution in [0.25, 0.3) is 11.3 Å². The van der Waals surface area contributed by atoms with E-state index in [1.54, 1.807) is 6.20 Å². The number of rotatable bonds is 3. The molecule has 1 aromatic carbocycles. The molecule has 0 aliphatic heterocycles. The third-order valence-electron chi connectivity index (χ3n) is 3.27. The van der Waals surface area contributed by atoms with E-state index < -0.39 is 11.7 Å². The molecule has 2 N–H and O–H groups in total. The van der Waals surface area contributed by atoms with Crippen LogP contribution in [0.3, 0.4) is 0 Å². The highest BCUT2D eigenvalue weighted by atomic mass is 16.6. The van der Waals surface area contributed by atoms with Gasteiger partial charge in [-0.2, -0.15) is 0 Å². The van der Waals surface area contributed by atoms with Gasteiger partial charge in [-0.05, 0) is 53.7 Å². The SMILES string of the molecule is Cc1cc(C)cc(-c2cnc(C(C)NC(=O)OC(C)(C)C)[nH]2)c1. The number of amides is 1. The van der Waals surface area contributed by atoms with E-state index in [9.17, 15) is 4.79 Å². The van der Waals surface area contributed by atoms with Crippen molar-refractivity contribution in [2.24, 2.45) is 0 Å². The van der Waals surface area contributed by atoms with Gasteiger partial charge in [0.1, 0.15) is 11.4 Å². The molecule has 1 amide bonds. The molecule has 0 saturated carbocycles. The smallest absolute Gasteiger partial charge is 0.408 e. The molecule has 1 heterocycles. The third kappa shape index (κ3) is 4.84. The number of hydrogen-bond acceptors (Lipinski definition) is 3. The van der Waals surface area contributed by atoms with Crippen LogP contribution < -0.4 is 5.32 Å². The van der Waals surface area contributed by atoms with E-state index in [-0.39, 0.29) is 6.04 Å². The molecule has 1 aromatic heterocycles. The van der Waals surface area contributed by atoms with Gasteiger partial charge in [0.15, 0.2) is 0 Å². The Morgan fingerprint density at radius 3 is 2.39 bits per heavy atom. The average molecular weight is 315 g/mol. The van der Waals surface area contributed by atoms with E-state index >= 15 is 0 Å². The summed E-state index contributed by atoms with van der Waals surface area (Å²) in [7, 11) is 0. The number of nitrogens with zero attached hydrogens (tertiary/aromatic N) is 1. The van der Waals surface area contributed by atoms with Crippen molar-refractivity contribution >= 4 is 6.09 Å². The zero-order valence-corrected chi connectivity index (χ0v) is 14.7. The minimum Gasteiger partial charge on any atom is -0.444 e. The molecule has 0 spiro atoms.